The van der Waals surface area contributed by atoms with Crippen molar-refractivity contribution >= 4 is 5.91 Å². The highest BCUT2D eigenvalue weighted by Gasteiger charge is 2.17. The van der Waals surface area contributed by atoms with Gasteiger partial charge in [0.1, 0.15) is 0 Å². The summed E-state index contributed by atoms with van der Waals surface area (Å²) in [5.41, 5.74) is 0. The van der Waals surface area contributed by atoms with Crippen LogP contribution in [0.1, 0.15) is 284 Å². The molecule has 0 bridgehead atoms. The first kappa shape index (κ1) is 56.6. The largest absolute Gasteiger partial charge is 0.394 e. The second-order valence-corrected chi connectivity index (χ2v) is 17.9. The van der Waals surface area contributed by atoms with E-state index in [1.807, 2.05) is 6.08 Å². The van der Waals surface area contributed by atoms with Gasteiger partial charge in [-0.1, -0.05) is 256 Å². The number of carbonyl (C=O) groups is 1. The lowest BCUT2D eigenvalue weighted by molar-refractivity contribution is -0.123. The van der Waals surface area contributed by atoms with E-state index in [-0.39, 0.29) is 12.5 Å². The number of hydrogen-bond donors (Lipinski definition) is 3. The molecule has 0 radical (unpaired) electrons. The number of aliphatic hydroxyl groups is 2. The van der Waals surface area contributed by atoms with Crippen molar-refractivity contribution in [3.05, 3.63) is 36.5 Å². The number of amides is 1. The molecule has 3 N–H and O–H groups in total. The van der Waals surface area contributed by atoms with Crippen LogP contribution in [0.5, 0.6) is 0 Å². The molecule has 4 nitrogen and oxygen atoms in total. The van der Waals surface area contributed by atoms with E-state index in [1.54, 1.807) is 6.08 Å². The van der Waals surface area contributed by atoms with Gasteiger partial charge in [-0.05, 0) is 57.8 Å². The van der Waals surface area contributed by atoms with Crippen molar-refractivity contribution in [1.82, 2.24) is 5.32 Å². The Labute approximate surface area is 363 Å². The van der Waals surface area contributed by atoms with Gasteiger partial charge in [-0.2, -0.15) is 0 Å². The summed E-state index contributed by atoms with van der Waals surface area (Å²) in [6.45, 7) is 4.31. The maximum atomic E-state index is 12.4. The van der Waals surface area contributed by atoms with E-state index in [1.165, 1.54) is 218 Å². The maximum absolute atomic E-state index is 12.4. The van der Waals surface area contributed by atoms with E-state index in [0.29, 0.717) is 6.42 Å². The van der Waals surface area contributed by atoms with Gasteiger partial charge < -0.3 is 15.5 Å². The molecule has 0 saturated carbocycles. The summed E-state index contributed by atoms with van der Waals surface area (Å²) in [6.07, 6.45) is 67.3. The molecule has 0 aromatic rings. The van der Waals surface area contributed by atoms with E-state index in [2.05, 4.69) is 43.5 Å². The third kappa shape index (κ3) is 45.7. The summed E-state index contributed by atoms with van der Waals surface area (Å²) >= 11 is 0. The predicted octanol–water partition coefficient (Wildman–Crippen LogP) is 16.9. The van der Waals surface area contributed by atoms with Crippen molar-refractivity contribution < 1.29 is 15.0 Å². The third-order valence-electron chi connectivity index (χ3n) is 12.1. The minimum atomic E-state index is -0.865. The average Bonchev–Trinajstić information content (AvgIpc) is 3.23. The second kappa shape index (κ2) is 50.0. The van der Waals surface area contributed by atoms with Crippen LogP contribution in [0.2, 0.25) is 0 Å². The number of carbonyl (C=O) groups excluding carboxylic acids is 1. The standard InChI is InChI=1S/C54H103NO3/c1-3-5-7-9-11-13-15-17-19-21-22-23-24-25-26-27-28-29-30-31-32-33-34-35-37-39-41-43-45-47-49-53(57)52(51-56)55-54(58)50-48-46-44-42-40-38-36-20-18-16-14-12-10-8-6-4-2/h20,36,39,41,47,49,52-53,56-57H,3-19,21-35,37-38,40,42-46,48,50-51H2,1-2H3,(H,55,58)/b36-20-,41-39+,49-47+. The van der Waals surface area contributed by atoms with E-state index < -0.39 is 12.1 Å². The van der Waals surface area contributed by atoms with Crippen molar-refractivity contribution in [1.29, 1.82) is 0 Å². The van der Waals surface area contributed by atoms with Gasteiger partial charge in [0.15, 0.2) is 0 Å². The molecule has 0 aromatic heterocycles. The zero-order valence-electron chi connectivity index (χ0n) is 39.3. The Kier molecular flexibility index (Phi) is 48.8. The molecular weight excluding hydrogens is 711 g/mol. The van der Waals surface area contributed by atoms with E-state index in [0.717, 1.165) is 44.9 Å². The molecule has 0 aliphatic heterocycles. The molecule has 2 unspecified atom stereocenters. The van der Waals surface area contributed by atoms with E-state index in [4.69, 9.17) is 0 Å². The van der Waals surface area contributed by atoms with Crippen LogP contribution in [-0.2, 0) is 4.79 Å². The average molecular weight is 814 g/mol. The van der Waals surface area contributed by atoms with Crippen molar-refractivity contribution in [3.8, 4) is 0 Å². The first-order chi connectivity index (χ1) is 28.7. The van der Waals surface area contributed by atoms with Crippen LogP contribution < -0.4 is 5.32 Å². The van der Waals surface area contributed by atoms with Crippen LogP contribution >= 0.6 is 0 Å². The molecule has 0 fully saturated rings. The summed E-state index contributed by atoms with van der Waals surface area (Å²) < 4.78 is 0. The minimum absolute atomic E-state index is 0.0801. The van der Waals surface area contributed by atoms with Crippen molar-refractivity contribution in [2.24, 2.45) is 0 Å². The Morgan fingerprint density at radius 2 is 0.672 bits per heavy atom. The summed E-state index contributed by atoms with van der Waals surface area (Å²) in [7, 11) is 0. The number of rotatable bonds is 48. The first-order valence-corrected chi connectivity index (χ1v) is 26.2. The van der Waals surface area contributed by atoms with Crippen LogP contribution in [0.15, 0.2) is 36.5 Å². The number of nitrogens with one attached hydrogen (secondary N) is 1. The number of aliphatic hydroxyl groups excluding tert-OH is 2. The summed E-state index contributed by atoms with van der Waals surface area (Å²) in [5, 5.41) is 23.1. The second-order valence-electron chi connectivity index (χ2n) is 17.9. The fourth-order valence-electron chi connectivity index (χ4n) is 8.07. The predicted molar refractivity (Wildman–Crippen MR) is 258 cm³/mol. The van der Waals surface area contributed by atoms with Crippen molar-refractivity contribution in [2.75, 3.05) is 6.61 Å². The van der Waals surface area contributed by atoms with Gasteiger partial charge in [0.2, 0.25) is 5.91 Å². The molecule has 0 rings (SSSR count). The quantitative estimate of drug-likeness (QED) is 0.0423. The molecular formula is C54H103NO3. The number of allylic oxidation sites excluding steroid dienone is 5. The summed E-state index contributed by atoms with van der Waals surface area (Å²) in [6, 6.07) is -0.643. The summed E-state index contributed by atoms with van der Waals surface area (Å²) in [4.78, 5) is 12.4. The van der Waals surface area contributed by atoms with Gasteiger partial charge in [-0.15, -0.1) is 0 Å². The molecule has 0 aromatic carbocycles. The van der Waals surface area contributed by atoms with Gasteiger partial charge >= 0.3 is 0 Å². The molecule has 0 heterocycles. The lowest BCUT2D eigenvalue weighted by atomic mass is 10.0. The van der Waals surface area contributed by atoms with Gasteiger partial charge in [-0.25, -0.2) is 0 Å². The Bertz CT molecular complexity index is 882. The fourth-order valence-corrected chi connectivity index (χ4v) is 8.07. The Balaban J connectivity index is 3.51. The molecule has 1 amide bonds. The molecule has 0 spiro atoms. The Morgan fingerprint density at radius 1 is 0.397 bits per heavy atom. The molecule has 0 aliphatic rings. The topological polar surface area (TPSA) is 69.6 Å². The van der Waals surface area contributed by atoms with Crippen LogP contribution in [0, 0.1) is 0 Å². The molecule has 342 valence electrons. The smallest absolute Gasteiger partial charge is 0.220 e. The highest BCUT2D eigenvalue weighted by molar-refractivity contribution is 5.76. The van der Waals surface area contributed by atoms with Crippen molar-refractivity contribution in [2.45, 2.75) is 296 Å². The van der Waals surface area contributed by atoms with Crippen LogP contribution in [0.25, 0.3) is 0 Å². The van der Waals surface area contributed by atoms with Gasteiger partial charge in [0.05, 0.1) is 18.8 Å². The SMILES string of the molecule is CCCCCCCCC/C=C\CCCCCCCC(=O)NC(CO)C(O)/C=C/CC/C=C/CCCCCCCCCCCCCCCCCCCCCCCCCC. The number of unbranched alkanes of at least 4 members (excludes halogenated alkanes) is 37. The van der Waals surface area contributed by atoms with Gasteiger partial charge in [0, 0.05) is 6.42 Å². The lowest BCUT2D eigenvalue weighted by Crippen LogP contribution is -2.45. The first-order valence-electron chi connectivity index (χ1n) is 26.2. The highest BCUT2D eigenvalue weighted by atomic mass is 16.3. The molecule has 2 atom stereocenters. The van der Waals surface area contributed by atoms with Crippen LogP contribution in [0.4, 0.5) is 0 Å². The zero-order valence-corrected chi connectivity index (χ0v) is 39.3. The van der Waals surface area contributed by atoms with Crippen molar-refractivity contribution in [3.63, 3.8) is 0 Å². The maximum Gasteiger partial charge on any atom is 0.220 e. The minimum Gasteiger partial charge on any atom is -0.394 e. The molecule has 4 heteroatoms. The monoisotopic (exact) mass is 814 g/mol. The van der Waals surface area contributed by atoms with Gasteiger partial charge in [0.25, 0.3) is 0 Å². The van der Waals surface area contributed by atoms with E-state index >= 15 is 0 Å². The van der Waals surface area contributed by atoms with E-state index in [9.17, 15) is 15.0 Å². The van der Waals surface area contributed by atoms with Crippen LogP contribution in [-0.4, -0.2) is 34.9 Å². The van der Waals surface area contributed by atoms with Crippen LogP contribution in [0.3, 0.4) is 0 Å². The Morgan fingerprint density at radius 3 is 1.00 bits per heavy atom. The normalized spacial score (nSPS) is 13.1. The number of hydrogen-bond acceptors (Lipinski definition) is 3. The summed E-state index contributed by atoms with van der Waals surface area (Å²) in [5.74, 6) is -0.0801. The molecule has 0 saturated heterocycles. The highest BCUT2D eigenvalue weighted by Crippen LogP contribution is 2.16. The third-order valence-corrected chi connectivity index (χ3v) is 12.1. The Hall–Kier alpha value is -1.39. The fraction of sp³-hybridized carbons (Fsp3) is 0.870. The molecule has 0 aliphatic carbocycles. The lowest BCUT2D eigenvalue weighted by Gasteiger charge is -2.19. The van der Waals surface area contributed by atoms with Gasteiger partial charge in [-0.3, -0.25) is 4.79 Å². The zero-order chi connectivity index (χ0) is 42.1. The molecule has 58 heavy (non-hydrogen) atoms.